The summed E-state index contributed by atoms with van der Waals surface area (Å²) < 4.78 is 0. The van der Waals surface area contributed by atoms with Gasteiger partial charge < -0.3 is 0 Å². The predicted octanol–water partition coefficient (Wildman–Crippen LogP) is 5.95. The van der Waals surface area contributed by atoms with Crippen molar-refractivity contribution >= 4 is 0 Å². The van der Waals surface area contributed by atoms with E-state index in [0.29, 0.717) is 0 Å². The van der Waals surface area contributed by atoms with E-state index >= 15 is 0 Å². The molecule has 0 radical (unpaired) electrons. The van der Waals surface area contributed by atoms with Crippen LogP contribution in [0.5, 0.6) is 0 Å². The van der Waals surface area contributed by atoms with E-state index in [-0.39, 0.29) is 11.2 Å². The second kappa shape index (κ2) is 9.86. The highest BCUT2D eigenvalue weighted by Crippen LogP contribution is 2.29. The van der Waals surface area contributed by atoms with E-state index in [1.807, 2.05) is 34.6 Å². The maximum atomic E-state index is 5.68. The first-order valence-corrected chi connectivity index (χ1v) is 8.83. The Balaban J connectivity index is 4.63. The standard InChI is InChI=1S/C18H38O4/c1-9-12-15-18(8,21-19-16(4,5)13-10-2)22-20-17(6,7)14-11-3/h9-15H2,1-8H3. The van der Waals surface area contributed by atoms with Crippen LogP contribution in [0.15, 0.2) is 0 Å². The fourth-order valence-corrected chi connectivity index (χ4v) is 2.28. The zero-order chi connectivity index (χ0) is 17.3. The van der Waals surface area contributed by atoms with Gasteiger partial charge in [0.1, 0.15) is 0 Å². The highest BCUT2D eigenvalue weighted by Gasteiger charge is 2.34. The van der Waals surface area contributed by atoms with Crippen LogP contribution < -0.4 is 0 Å². The van der Waals surface area contributed by atoms with Crippen LogP contribution >= 0.6 is 0 Å². The predicted molar refractivity (Wildman–Crippen MR) is 90.2 cm³/mol. The summed E-state index contributed by atoms with van der Waals surface area (Å²) in [7, 11) is 0. The minimum Gasteiger partial charge on any atom is -0.228 e. The minimum atomic E-state index is -0.883. The summed E-state index contributed by atoms with van der Waals surface area (Å²) >= 11 is 0. The largest absolute Gasteiger partial charge is 0.231 e. The van der Waals surface area contributed by atoms with Crippen LogP contribution in [0.1, 0.15) is 100 Å². The molecule has 0 aromatic rings. The van der Waals surface area contributed by atoms with Gasteiger partial charge in [0.25, 0.3) is 0 Å². The highest BCUT2D eigenvalue weighted by molar-refractivity contribution is 4.68. The third kappa shape index (κ3) is 9.78. The molecule has 0 aliphatic heterocycles. The first-order valence-electron chi connectivity index (χ1n) is 8.83. The van der Waals surface area contributed by atoms with Crippen LogP contribution in [-0.2, 0) is 19.6 Å². The van der Waals surface area contributed by atoms with Gasteiger partial charge in [-0.05, 0) is 53.9 Å². The van der Waals surface area contributed by atoms with Crippen LogP contribution in [0, 0.1) is 0 Å². The highest BCUT2D eigenvalue weighted by atomic mass is 17.3. The molecule has 0 aliphatic rings. The van der Waals surface area contributed by atoms with Crippen molar-refractivity contribution in [2.45, 2.75) is 117 Å². The molecular weight excluding hydrogens is 280 g/mol. The molecule has 4 heteroatoms. The van der Waals surface area contributed by atoms with Gasteiger partial charge in [0.15, 0.2) is 0 Å². The molecular formula is C18H38O4. The van der Waals surface area contributed by atoms with Gasteiger partial charge in [-0.3, -0.25) is 0 Å². The van der Waals surface area contributed by atoms with Crippen molar-refractivity contribution in [2.24, 2.45) is 0 Å². The van der Waals surface area contributed by atoms with Gasteiger partial charge in [-0.15, -0.1) is 0 Å². The average molecular weight is 318 g/mol. The molecule has 0 saturated carbocycles. The number of hydrogen-bond donors (Lipinski definition) is 0. The van der Waals surface area contributed by atoms with Crippen LogP contribution in [0.3, 0.4) is 0 Å². The summed E-state index contributed by atoms with van der Waals surface area (Å²) in [6.45, 7) is 16.4. The summed E-state index contributed by atoms with van der Waals surface area (Å²) in [5.74, 6) is -0.883. The summed E-state index contributed by atoms with van der Waals surface area (Å²) in [6.07, 6.45) is 6.74. The van der Waals surface area contributed by atoms with E-state index in [2.05, 4.69) is 20.8 Å². The van der Waals surface area contributed by atoms with Gasteiger partial charge in [0, 0.05) is 6.42 Å². The molecule has 0 spiro atoms. The van der Waals surface area contributed by atoms with Gasteiger partial charge in [0.05, 0.1) is 11.2 Å². The Morgan fingerprint density at radius 1 is 0.545 bits per heavy atom. The molecule has 0 atom stereocenters. The normalized spacial score (nSPS) is 13.6. The summed E-state index contributed by atoms with van der Waals surface area (Å²) in [5.41, 5.74) is -0.658. The Kier molecular flexibility index (Phi) is 9.79. The maximum Gasteiger partial charge on any atom is 0.231 e. The molecule has 0 heterocycles. The SMILES string of the molecule is CCCCC(C)(OOC(C)(C)CCC)OOC(C)(C)CCC. The number of hydrogen-bond acceptors (Lipinski definition) is 4. The lowest BCUT2D eigenvalue weighted by Gasteiger charge is -2.34. The van der Waals surface area contributed by atoms with Crippen LogP contribution in [0.25, 0.3) is 0 Å². The van der Waals surface area contributed by atoms with E-state index in [0.717, 1.165) is 44.9 Å². The quantitative estimate of drug-likeness (QED) is 0.239. The Morgan fingerprint density at radius 2 is 0.955 bits per heavy atom. The second-order valence-corrected chi connectivity index (χ2v) is 7.59. The van der Waals surface area contributed by atoms with Crippen molar-refractivity contribution in [1.82, 2.24) is 0 Å². The Bertz CT molecular complexity index is 265. The molecule has 0 aliphatic carbocycles. The fourth-order valence-electron chi connectivity index (χ4n) is 2.28. The Morgan fingerprint density at radius 3 is 1.27 bits per heavy atom. The zero-order valence-electron chi connectivity index (χ0n) is 16.1. The molecule has 0 unspecified atom stereocenters. The van der Waals surface area contributed by atoms with E-state index in [1.54, 1.807) is 0 Å². The Hall–Kier alpha value is -0.160. The summed E-state index contributed by atoms with van der Waals surface area (Å²) in [6, 6.07) is 0. The lowest BCUT2D eigenvalue weighted by atomic mass is 10.0. The third-order valence-electron chi connectivity index (χ3n) is 3.58. The fraction of sp³-hybridized carbons (Fsp3) is 1.00. The molecule has 0 rings (SSSR count). The minimum absolute atomic E-state index is 0.329. The van der Waals surface area contributed by atoms with E-state index < -0.39 is 5.79 Å². The first kappa shape index (κ1) is 21.8. The number of rotatable bonds is 13. The van der Waals surface area contributed by atoms with E-state index in [9.17, 15) is 0 Å². The van der Waals surface area contributed by atoms with E-state index in [1.165, 1.54) is 0 Å². The molecule has 0 bridgehead atoms. The Labute approximate surface area is 137 Å². The molecule has 0 aromatic heterocycles. The first-order chi connectivity index (χ1) is 10.1. The van der Waals surface area contributed by atoms with Gasteiger partial charge in [-0.2, -0.15) is 9.78 Å². The lowest BCUT2D eigenvalue weighted by molar-refractivity contribution is -0.540. The van der Waals surface area contributed by atoms with E-state index in [4.69, 9.17) is 19.6 Å². The monoisotopic (exact) mass is 318 g/mol. The van der Waals surface area contributed by atoms with Crippen molar-refractivity contribution in [3.05, 3.63) is 0 Å². The van der Waals surface area contributed by atoms with Crippen molar-refractivity contribution in [3.63, 3.8) is 0 Å². The van der Waals surface area contributed by atoms with Gasteiger partial charge in [-0.25, -0.2) is 9.78 Å². The number of unbranched alkanes of at least 4 members (excludes halogenated alkanes) is 1. The topological polar surface area (TPSA) is 36.9 Å². The molecule has 0 amide bonds. The summed E-state index contributed by atoms with van der Waals surface area (Å²) in [4.78, 5) is 22.7. The van der Waals surface area contributed by atoms with Gasteiger partial charge >= 0.3 is 0 Å². The molecule has 0 aromatic carbocycles. The third-order valence-corrected chi connectivity index (χ3v) is 3.58. The second-order valence-electron chi connectivity index (χ2n) is 7.59. The lowest BCUT2D eigenvalue weighted by Crippen LogP contribution is -2.40. The molecule has 0 saturated heterocycles. The maximum absolute atomic E-state index is 5.68. The average Bonchev–Trinajstić information content (AvgIpc) is 2.41. The smallest absolute Gasteiger partial charge is 0.228 e. The molecule has 0 fully saturated rings. The summed E-state index contributed by atoms with van der Waals surface area (Å²) in [5, 5.41) is 0. The van der Waals surface area contributed by atoms with Crippen LogP contribution in [0.2, 0.25) is 0 Å². The van der Waals surface area contributed by atoms with Crippen molar-refractivity contribution in [1.29, 1.82) is 0 Å². The molecule has 4 nitrogen and oxygen atoms in total. The van der Waals surface area contributed by atoms with Crippen molar-refractivity contribution in [2.75, 3.05) is 0 Å². The van der Waals surface area contributed by atoms with Crippen LogP contribution in [0.4, 0.5) is 0 Å². The zero-order valence-corrected chi connectivity index (χ0v) is 16.1. The van der Waals surface area contributed by atoms with Gasteiger partial charge in [-0.1, -0.05) is 40.0 Å². The molecule has 134 valence electrons. The van der Waals surface area contributed by atoms with Crippen LogP contribution in [-0.4, -0.2) is 17.0 Å². The molecule has 22 heavy (non-hydrogen) atoms. The van der Waals surface area contributed by atoms with Crippen molar-refractivity contribution in [3.8, 4) is 0 Å². The van der Waals surface area contributed by atoms with Crippen molar-refractivity contribution < 1.29 is 19.6 Å². The van der Waals surface area contributed by atoms with Gasteiger partial charge in [0.2, 0.25) is 5.79 Å². The molecule has 0 N–H and O–H groups in total.